The fourth-order valence-electron chi connectivity index (χ4n) is 1.46. The van der Waals surface area contributed by atoms with Crippen LogP contribution in [-0.4, -0.2) is 11.1 Å². The molecule has 0 radical (unpaired) electrons. The Balaban J connectivity index is 0.00000324. The summed E-state index contributed by atoms with van der Waals surface area (Å²) in [7, 11) is 0. The van der Waals surface area contributed by atoms with Crippen LogP contribution in [-0.2, 0) is 0 Å². The SMILES string of the molecule is Cl.N[C@@H](CCC(F)(F)F)c1cc(Cl)ccc1[N+](=O)[O-]. The number of rotatable bonds is 4. The molecule has 0 heterocycles. The van der Waals surface area contributed by atoms with Crippen LogP contribution in [0, 0.1) is 10.1 Å². The highest BCUT2D eigenvalue weighted by Crippen LogP contribution is 2.32. The molecule has 19 heavy (non-hydrogen) atoms. The van der Waals surface area contributed by atoms with Gasteiger partial charge in [-0.25, -0.2) is 0 Å². The lowest BCUT2D eigenvalue weighted by atomic mass is 10.0. The predicted octanol–water partition coefficient (Wildman–Crippen LogP) is 4.01. The van der Waals surface area contributed by atoms with E-state index in [9.17, 15) is 23.3 Å². The van der Waals surface area contributed by atoms with Crippen molar-refractivity contribution in [1.29, 1.82) is 0 Å². The lowest BCUT2D eigenvalue weighted by molar-refractivity contribution is -0.385. The van der Waals surface area contributed by atoms with Gasteiger partial charge in [-0.3, -0.25) is 10.1 Å². The van der Waals surface area contributed by atoms with E-state index in [1.54, 1.807) is 0 Å². The molecule has 1 rings (SSSR count). The normalized spacial score (nSPS) is 12.7. The summed E-state index contributed by atoms with van der Waals surface area (Å²) >= 11 is 5.66. The van der Waals surface area contributed by atoms with Crippen LogP contribution in [0.2, 0.25) is 5.02 Å². The Bertz CT molecular complexity index is 455. The molecule has 9 heteroatoms. The molecule has 0 aromatic heterocycles. The summed E-state index contributed by atoms with van der Waals surface area (Å²) in [6, 6.07) is 2.57. The Kier molecular flexibility index (Phi) is 6.54. The van der Waals surface area contributed by atoms with Gasteiger partial charge in [-0.1, -0.05) is 11.6 Å². The summed E-state index contributed by atoms with van der Waals surface area (Å²) in [6.07, 6.45) is -5.87. The molecule has 1 aromatic carbocycles. The third-order valence-electron chi connectivity index (χ3n) is 2.32. The van der Waals surface area contributed by atoms with Gasteiger partial charge in [0, 0.05) is 29.1 Å². The second kappa shape index (κ2) is 6.93. The molecule has 1 aromatic rings. The van der Waals surface area contributed by atoms with Gasteiger partial charge in [-0.15, -0.1) is 12.4 Å². The molecule has 0 bridgehead atoms. The van der Waals surface area contributed by atoms with Crippen LogP contribution in [0.25, 0.3) is 0 Å². The standard InChI is InChI=1S/C10H10ClF3N2O2.ClH/c11-6-1-2-9(16(17)18)7(5-6)8(15)3-4-10(12,13)14;/h1-2,5,8H,3-4,15H2;1H/t8-;/m0./s1. The van der Waals surface area contributed by atoms with Gasteiger partial charge < -0.3 is 5.73 Å². The van der Waals surface area contributed by atoms with E-state index in [0.29, 0.717) is 0 Å². The lowest BCUT2D eigenvalue weighted by Crippen LogP contribution is -2.17. The minimum Gasteiger partial charge on any atom is -0.324 e. The molecule has 0 aliphatic carbocycles. The van der Waals surface area contributed by atoms with Crippen LogP contribution < -0.4 is 5.73 Å². The average Bonchev–Trinajstić information content (AvgIpc) is 2.24. The average molecular weight is 319 g/mol. The van der Waals surface area contributed by atoms with E-state index in [0.717, 1.165) is 6.07 Å². The molecule has 0 spiro atoms. The summed E-state index contributed by atoms with van der Waals surface area (Å²) in [4.78, 5) is 10.0. The second-order valence-corrected chi connectivity index (χ2v) is 4.16. The van der Waals surface area contributed by atoms with Crippen molar-refractivity contribution >= 4 is 29.7 Å². The van der Waals surface area contributed by atoms with Crippen molar-refractivity contribution in [3.8, 4) is 0 Å². The maximum Gasteiger partial charge on any atom is 0.389 e. The summed E-state index contributed by atoms with van der Waals surface area (Å²) < 4.78 is 36.2. The molecule has 0 amide bonds. The van der Waals surface area contributed by atoms with Gasteiger partial charge in [-0.2, -0.15) is 13.2 Å². The Labute approximate surface area is 118 Å². The van der Waals surface area contributed by atoms with Gasteiger partial charge in [0.1, 0.15) is 0 Å². The number of hydrogen-bond donors (Lipinski definition) is 1. The van der Waals surface area contributed by atoms with Crippen LogP contribution in [0.4, 0.5) is 18.9 Å². The van der Waals surface area contributed by atoms with Crippen molar-refractivity contribution in [3.05, 3.63) is 38.9 Å². The zero-order valence-corrected chi connectivity index (χ0v) is 11.1. The van der Waals surface area contributed by atoms with Gasteiger partial charge >= 0.3 is 6.18 Å². The molecule has 0 aliphatic rings. The zero-order valence-electron chi connectivity index (χ0n) is 9.48. The highest BCUT2D eigenvalue weighted by molar-refractivity contribution is 6.30. The highest BCUT2D eigenvalue weighted by Gasteiger charge is 2.29. The predicted molar refractivity (Wildman–Crippen MR) is 67.6 cm³/mol. The molecule has 0 fully saturated rings. The van der Waals surface area contributed by atoms with Crippen molar-refractivity contribution in [1.82, 2.24) is 0 Å². The van der Waals surface area contributed by atoms with Crippen molar-refractivity contribution in [2.45, 2.75) is 25.1 Å². The van der Waals surface area contributed by atoms with Crippen molar-refractivity contribution < 1.29 is 18.1 Å². The third kappa shape index (κ3) is 5.63. The summed E-state index contributed by atoms with van der Waals surface area (Å²) in [5.41, 5.74) is 5.23. The molecular formula is C10H11Cl2F3N2O2. The number of nitro groups is 1. The number of halogens is 5. The maximum absolute atomic E-state index is 12.1. The zero-order chi connectivity index (χ0) is 13.9. The quantitative estimate of drug-likeness (QED) is 0.673. The molecular weight excluding hydrogens is 308 g/mol. The number of benzene rings is 1. The van der Waals surface area contributed by atoms with Gasteiger partial charge in [0.05, 0.1) is 4.92 Å². The number of nitrogens with zero attached hydrogens (tertiary/aromatic N) is 1. The van der Waals surface area contributed by atoms with Gasteiger partial charge in [0.25, 0.3) is 5.69 Å². The van der Waals surface area contributed by atoms with E-state index < -0.39 is 30.0 Å². The monoisotopic (exact) mass is 318 g/mol. The summed E-state index contributed by atoms with van der Waals surface area (Å²) in [5, 5.41) is 10.9. The van der Waals surface area contributed by atoms with Crippen molar-refractivity contribution in [2.24, 2.45) is 5.73 Å². The molecule has 0 saturated heterocycles. The molecule has 0 saturated carbocycles. The number of alkyl halides is 3. The molecule has 2 N–H and O–H groups in total. The van der Waals surface area contributed by atoms with E-state index in [4.69, 9.17) is 17.3 Å². The van der Waals surface area contributed by atoms with Crippen molar-refractivity contribution in [3.63, 3.8) is 0 Å². The number of nitro benzene ring substituents is 1. The van der Waals surface area contributed by atoms with Gasteiger partial charge in [0.15, 0.2) is 0 Å². The molecule has 4 nitrogen and oxygen atoms in total. The van der Waals surface area contributed by atoms with Crippen LogP contribution >= 0.6 is 24.0 Å². The fraction of sp³-hybridized carbons (Fsp3) is 0.400. The number of hydrogen-bond acceptors (Lipinski definition) is 3. The largest absolute Gasteiger partial charge is 0.389 e. The Morgan fingerprint density at radius 1 is 1.42 bits per heavy atom. The smallest absolute Gasteiger partial charge is 0.324 e. The highest BCUT2D eigenvalue weighted by atomic mass is 35.5. The number of nitrogens with two attached hydrogens (primary N) is 1. The summed E-state index contributed by atoms with van der Waals surface area (Å²) in [6.45, 7) is 0. The topological polar surface area (TPSA) is 69.2 Å². The van der Waals surface area contributed by atoms with Crippen LogP contribution in [0.5, 0.6) is 0 Å². The first-order valence-electron chi connectivity index (χ1n) is 4.97. The Morgan fingerprint density at radius 3 is 2.47 bits per heavy atom. The first-order chi connectivity index (χ1) is 8.20. The molecule has 108 valence electrons. The Morgan fingerprint density at radius 2 is 2.00 bits per heavy atom. The van der Waals surface area contributed by atoms with Crippen molar-refractivity contribution in [2.75, 3.05) is 0 Å². The van der Waals surface area contributed by atoms with Gasteiger partial charge in [0.2, 0.25) is 0 Å². The molecule has 0 unspecified atom stereocenters. The fourth-order valence-corrected chi connectivity index (χ4v) is 1.64. The molecule has 1 atom stereocenters. The Hall–Kier alpha value is -1.05. The van der Waals surface area contributed by atoms with Crippen LogP contribution in [0.1, 0.15) is 24.4 Å². The lowest BCUT2D eigenvalue weighted by Gasteiger charge is -2.14. The van der Waals surface area contributed by atoms with E-state index in [-0.39, 0.29) is 28.7 Å². The minimum absolute atomic E-state index is 0. The van der Waals surface area contributed by atoms with Crippen LogP contribution in [0.15, 0.2) is 18.2 Å². The molecule has 0 aliphatic heterocycles. The first kappa shape index (κ1) is 17.9. The first-order valence-corrected chi connectivity index (χ1v) is 5.34. The van der Waals surface area contributed by atoms with E-state index in [1.807, 2.05) is 0 Å². The maximum atomic E-state index is 12.1. The van der Waals surface area contributed by atoms with E-state index in [1.165, 1.54) is 12.1 Å². The minimum atomic E-state index is -4.34. The summed E-state index contributed by atoms with van der Waals surface area (Å²) in [5.74, 6) is 0. The van der Waals surface area contributed by atoms with E-state index in [2.05, 4.69) is 0 Å². The van der Waals surface area contributed by atoms with E-state index >= 15 is 0 Å². The third-order valence-corrected chi connectivity index (χ3v) is 2.56. The second-order valence-electron chi connectivity index (χ2n) is 3.72. The van der Waals surface area contributed by atoms with Gasteiger partial charge in [-0.05, 0) is 18.6 Å². The van der Waals surface area contributed by atoms with Crippen LogP contribution in [0.3, 0.4) is 0 Å².